The van der Waals surface area contributed by atoms with Crippen molar-refractivity contribution in [3.05, 3.63) is 37.4 Å². The second kappa shape index (κ2) is 4.29. The summed E-state index contributed by atoms with van der Waals surface area (Å²) < 4.78 is 0. The Morgan fingerprint density at radius 3 is 2.12 bits per heavy atom. The van der Waals surface area contributed by atoms with Crippen LogP contribution < -0.4 is 10.9 Å². The van der Waals surface area contributed by atoms with Gasteiger partial charge in [0.15, 0.2) is 0 Å². The van der Waals surface area contributed by atoms with E-state index in [0.717, 1.165) is 17.1 Å². The number of anilines is 1. The van der Waals surface area contributed by atoms with E-state index in [1.54, 1.807) is 0 Å². The summed E-state index contributed by atoms with van der Waals surface area (Å²) in [5.74, 6) is 5.35. The lowest BCUT2D eigenvalue weighted by Gasteiger charge is -2.12. The molecule has 8 nitrogen and oxygen atoms in total. The molecule has 0 bridgehead atoms. The summed E-state index contributed by atoms with van der Waals surface area (Å²) in [6, 6.07) is 1.86. The highest BCUT2D eigenvalue weighted by Gasteiger charge is 2.24. The highest BCUT2D eigenvalue weighted by atomic mass is 35.5. The van der Waals surface area contributed by atoms with Crippen LogP contribution in [0.15, 0.2) is 12.1 Å². The fourth-order valence-electron chi connectivity index (χ4n) is 1.11. The fourth-order valence-corrected chi connectivity index (χ4v) is 1.34. The van der Waals surface area contributed by atoms with E-state index in [1.165, 1.54) is 7.05 Å². The third-order valence-electron chi connectivity index (χ3n) is 1.82. The van der Waals surface area contributed by atoms with Crippen LogP contribution >= 0.6 is 11.6 Å². The predicted octanol–water partition coefficient (Wildman–Crippen LogP) is 1.47. The van der Waals surface area contributed by atoms with Gasteiger partial charge in [0.2, 0.25) is 0 Å². The number of nitro benzene ring substituents is 2. The molecule has 0 aliphatic rings. The first kappa shape index (κ1) is 12.1. The van der Waals surface area contributed by atoms with E-state index in [9.17, 15) is 20.2 Å². The van der Waals surface area contributed by atoms with Crippen molar-refractivity contribution in [3.8, 4) is 0 Å². The van der Waals surface area contributed by atoms with Crippen molar-refractivity contribution >= 4 is 28.7 Å². The molecule has 0 unspecified atom stereocenters. The molecule has 9 heteroatoms. The molecule has 1 rings (SSSR count). The standard InChI is InChI=1S/C7H7ClN4O4/c1-10(9)6-2-4(8)5(11(13)14)3-7(6)12(15)16/h2-3H,9H2,1H3. The molecule has 0 aliphatic heterocycles. The molecule has 0 radical (unpaired) electrons. The lowest BCUT2D eigenvalue weighted by molar-refractivity contribution is -0.393. The van der Waals surface area contributed by atoms with Gasteiger partial charge in [-0.25, -0.2) is 5.84 Å². The van der Waals surface area contributed by atoms with Crippen LogP contribution in [0.3, 0.4) is 0 Å². The Kier molecular flexibility index (Phi) is 3.25. The zero-order valence-electron chi connectivity index (χ0n) is 8.08. The van der Waals surface area contributed by atoms with Gasteiger partial charge in [0.05, 0.1) is 15.9 Å². The van der Waals surface area contributed by atoms with E-state index in [1.807, 2.05) is 0 Å². The molecule has 0 saturated heterocycles. The van der Waals surface area contributed by atoms with E-state index >= 15 is 0 Å². The number of nitro groups is 2. The first-order valence-electron chi connectivity index (χ1n) is 3.95. The zero-order chi connectivity index (χ0) is 12.5. The SMILES string of the molecule is CN(N)c1cc(Cl)c([N+](=O)[O-])cc1[N+](=O)[O-]. The average molecular weight is 247 g/mol. The molecule has 0 amide bonds. The van der Waals surface area contributed by atoms with Crippen LogP contribution in [0.25, 0.3) is 0 Å². The van der Waals surface area contributed by atoms with Gasteiger partial charge in [0, 0.05) is 7.05 Å². The van der Waals surface area contributed by atoms with Crippen LogP contribution in [0.1, 0.15) is 0 Å². The summed E-state index contributed by atoms with van der Waals surface area (Å²) in [5, 5.41) is 22.0. The molecule has 1 aromatic rings. The first-order valence-corrected chi connectivity index (χ1v) is 4.33. The molecule has 16 heavy (non-hydrogen) atoms. The van der Waals surface area contributed by atoms with Crippen molar-refractivity contribution in [1.29, 1.82) is 0 Å². The van der Waals surface area contributed by atoms with Crippen LogP contribution in [0, 0.1) is 20.2 Å². The molecule has 0 aromatic heterocycles. The summed E-state index contributed by atoms with van der Waals surface area (Å²) in [4.78, 5) is 19.6. The average Bonchev–Trinajstić information content (AvgIpc) is 2.15. The minimum atomic E-state index is -0.796. The first-order chi connectivity index (χ1) is 7.34. The summed E-state index contributed by atoms with van der Waals surface area (Å²) in [6.07, 6.45) is 0. The largest absolute Gasteiger partial charge is 0.308 e. The molecule has 1 aromatic carbocycles. The molecule has 0 heterocycles. The van der Waals surface area contributed by atoms with Crippen LogP contribution in [-0.4, -0.2) is 16.9 Å². The number of rotatable bonds is 3. The van der Waals surface area contributed by atoms with Crippen molar-refractivity contribution in [2.24, 2.45) is 5.84 Å². The second-order valence-electron chi connectivity index (χ2n) is 2.92. The van der Waals surface area contributed by atoms with Gasteiger partial charge in [-0.3, -0.25) is 20.2 Å². The van der Waals surface area contributed by atoms with Gasteiger partial charge in [0.25, 0.3) is 5.69 Å². The molecular formula is C7H7ClN4O4. The summed E-state index contributed by atoms with van der Waals surface area (Å²) in [6.45, 7) is 0. The summed E-state index contributed by atoms with van der Waals surface area (Å²) in [7, 11) is 1.37. The molecule has 0 saturated carbocycles. The number of nitrogens with two attached hydrogens (primary N) is 1. The van der Waals surface area contributed by atoms with Gasteiger partial charge in [-0.05, 0) is 6.07 Å². The molecule has 0 fully saturated rings. The van der Waals surface area contributed by atoms with E-state index in [-0.39, 0.29) is 10.7 Å². The Morgan fingerprint density at radius 1 is 1.25 bits per heavy atom. The summed E-state index contributed by atoms with van der Waals surface area (Å²) >= 11 is 5.60. The van der Waals surface area contributed by atoms with Gasteiger partial charge >= 0.3 is 5.69 Å². The maximum absolute atomic E-state index is 10.7. The molecule has 2 N–H and O–H groups in total. The van der Waals surface area contributed by atoms with Crippen LogP contribution in [0.4, 0.5) is 17.1 Å². The third kappa shape index (κ3) is 2.18. The van der Waals surface area contributed by atoms with E-state index in [2.05, 4.69) is 0 Å². The Morgan fingerprint density at radius 2 is 1.75 bits per heavy atom. The zero-order valence-corrected chi connectivity index (χ0v) is 8.84. The Hall–Kier alpha value is -1.93. The summed E-state index contributed by atoms with van der Waals surface area (Å²) in [5.41, 5.74) is -0.999. The van der Waals surface area contributed by atoms with Gasteiger partial charge in [-0.15, -0.1) is 0 Å². The lowest BCUT2D eigenvalue weighted by atomic mass is 10.2. The predicted molar refractivity (Wildman–Crippen MR) is 57.4 cm³/mol. The van der Waals surface area contributed by atoms with Crippen molar-refractivity contribution in [3.63, 3.8) is 0 Å². The topological polar surface area (TPSA) is 116 Å². The maximum atomic E-state index is 10.7. The van der Waals surface area contributed by atoms with Gasteiger partial charge in [-0.1, -0.05) is 11.6 Å². The van der Waals surface area contributed by atoms with E-state index in [0.29, 0.717) is 0 Å². The van der Waals surface area contributed by atoms with Crippen molar-refractivity contribution in [1.82, 2.24) is 0 Å². The highest BCUT2D eigenvalue weighted by molar-refractivity contribution is 6.33. The smallest absolute Gasteiger partial charge is 0.300 e. The lowest BCUT2D eigenvalue weighted by Crippen LogP contribution is -2.25. The number of benzene rings is 1. The maximum Gasteiger partial charge on any atom is 0.300 e. The molecule has 0 spiro atoms. The number of hydrogen-bond donors (Lipinski definition) is 1. The molecular weight excluding hydrogens is 240 g/mol. The molecule has 0 aliphatic carbocycles. The minimum Gasteiger partial charge on any atom is -0.308 e. The van der Waals surface area contributed by atoms with Gasteiger partial charge in [-0.2, -0.15) is 0 Å². The van der Waals surface area contributed by atoms with Crippen LogP contribution in [-0.2, 0) is 0 Å². The molecule has 86 valence electrons. The monoisotopic (exact) mass is 246 g/mol. The Labute approximate surface area is 94.5 Å². The Balaban J connectivity index is 3.49. The molecule has 0 atom stereocenters. The number of nitrogens with zero attached hydrogens (tertiary/aromatic N) is 3. The van der Waals surface area contributed by atoms with Gasteiger partial charge in [0.1, 0.15) is 10.7 Å². The second-order valence-corrected chi connectivity index (χ2v) is 3.32. The highest BCUT2D eigenvalue weighted by Crippen LogP contribution is 2.36. The van der Waals surface area contributed by atoms with Crippen LogP contribution in [0.2, 0.25) is 5.02 Å². The number of hydrogen-bond acceptors (Lipinski definition) is 6. The quantitative estimate of drug-likeness (QED) is 0.490. The fraction of sp³-hybridized carbons (Fsp3) is 0.143. The van der Waals surface area contributed by atoms with E-state index < -0.39 is 21.2 Å². The minimum absolute atomic E-state index is 0.000556. The number of hydrazine groups is 1. The third-order valence-corrected chi connectivity index (χ3v) is 2.12. The van der Waals surface area contributed by atoms with Gasteiger partial charge < -0.3 is 5.01 Å². The van der Waals surface area contributed by atoms with Crippen molar-refractivity contribution in [2.45, 2.75) is 0 Å². The van der Waals surface area contributed by atoms with Crippen molar-refractivity contribution < 1.29 is 9.85 Å². The normalized spacial score (nSPS) is 9.94. The Bertz CT molecular complexity index is 462. The van der Waals surface area contributed by atoms with E-state index in [4.69, 9.17) is 17.4 Å². The van der Waals surface area contributed by atoms with Crippen molar-refractivity contribution in [2.75, 3.05) is 12.1 Å². The number of halogens is 1. The van der Waals surface area contributed by atoms with Crippen LogP contribution in [0.5, 0.6) is 0 Å².